The largest absolute Gasteiger partial charge is 0.258 e. The van der Waals surface area contributed by atoms with Crippen LogP contribution in [0.15, 0.2) is 12.1 Å². The molecule has 1 aromatic rings. The number of aromatic nitrogens is 1. The Morgan fingerprint density at radius 3 is 1.00 bits per heavy atom. The van der Waals surface area contributed by atoms with E-state index in [1.807, 2.05) is 0 Å². The highest BCUT2D eigenvalue weighted by atomic mass is 14.7. The summed E-state index contributed by atoms with van der Waals surface area (Å²) in [6.07, 6.45) is 37.1. The molecule has 0 bridgehead atoms. The van der Waals surface area contributed by atoms with Crippen molar-refractivity contribution in [3.8, 4) is 0 Å². The number of pyridine rings is 1. The van der Waals surface area contributed by atoms with Crippen LogP contribution in [0.3, 0.4) is 0 Å². The zero-order chi connectivity index (χ0) is 25.9. The lowest BCUT2D eigenvalue weighted by Gasteiger charge is -2.09. The molecule has 0 aromatic carbocycles. The Balaban J connectivity index is 2.06. The standard InChI is InChI=1S/C35H64N/c1-4-7-9-11-13-15-17-19-21-23-25-27-29-34-31-33(6-3)32-35(36-34)30-28-26-24-22-20-18-16-14-12-10-8-5-2/h31-32H,3-30H2,1-2H3. The molecule has 36 heavy (non-hydrogen) atoms. The molecule has 0 N–H and O–H groups in total. The van der Waals surface area contributed by atoms with Crippen molar-refractivity contribution in [1.82, 2.24) is 4.98 Å². The van der Waals surface area contributed by atoms with Gasteiger partial charge < -0.3 is 0 Å². The van der Waals surface area contributed by atoms with Crippen molar-refractivity contribution in [2.45, 2.75) is 187 Å². The van der Waals surface area contributed by atoms with Crippen LogP contribution >= 0.6 is 0 Å². The molecule has 1 heteroatoms. The molecule has 0 saturated carbocycles. The number of nitrogens with zero attached hydrogens (tertiary/aromatic N) is 1. The zero-order valence-electron chi connectivity index (χ0n) is 24.9. The molecule has 0 atom stereocenters. The predicted molar refractivity (Wildman–Crippen MR) is 163 cm³/mol. The van der Waals surface area contributed by atoms with Crippen molar-refractivity contribution in [2.24, 2.45) is 0 Å². The molecule has 0 unspecified atom stereocenters. The van der Waals surface area contributed by atoms with Gasteiger partial charge in [0.15, 0.2) is 0 Å². The summed E-state index contributed by atoms with van der Waals surface area (Å²) in [4.78, 5) is 5.03. The third kappa shape index (κ3) is 20.2. The van der Waals surface area contributed by atoms with Gasteiger partial charge in [-0.15, -0.1) is 0 Å². The molecule has 0 amide bonds. The van der Waals surface area contributed by atoms with Crippen LogP contribution in [0.1, 0.15) is 185 Å². The first-order valence-corrected chi connectivity index (χ1v) is 16.6. The van der Waals surface area contributed by atoms with E-state index in [2.05, 4.69) is 32.9 Å². The molecule has 0 aliphatic carbocycles. The molecule has 0 fully saturated rings. The van der Waals surface area contributed by atoms with Gasteiger partial charge in [-0.05, 0) is 56.7 Å². The maximum absolute atomic E-state index is 5.03. The van der Waals surface area contributed by atoms with Gasteiger partial charge in [-0.2, -0.15) is 0 Å². The lowest BCUT2D eigenvalue weighted by molar-refractivity contribution is 0.542. The Labute approximate surface area is 228 Å². The van der Waals surface area contributed by atoms with Crippen LogP contribution in [0.4, 0.5) is 0 Å². The molecule has 0 spiro atoms. The normalized spacial score (nSPS) is 11.4. The first-order valence-electron chi connectivity index (χ1n) is 16.6. The summed E-state index contributed by atoms with van der Waals surface area (Å²) in [7, 11) is 0. The average molecular weight is 499 g/mol. The van der Waals surface area contributed by atoms with Crippen LogP contribution in [0, 0.1) is 6.92 Å². The lowest BCUT2D eigenvalue weighted by atomic mass is 10.0. The maximum atomic E-state index is 5.03. The van der Waals surface area contributed by atoms with E-state index < -0.39 is 0 Å². The Kier molecular flexibility index (Phi) is 23.8. The Morgan fingerprint density at radius 1 is 0.444 bits per heavy atom. The summed E-state index contributed by atoms with van der Waals surface area (Å²) in [6.45, 7) is 8.74. The Bertz CT molecular complexity index is 532. The van der Waals surface area contributed by atoms with Crippen molar-refractivity contribution in [1.29, 1.82) is 0 Å². The smallest absolute Gasteiger partial charge is 0.0409 e. The van der Waals surface area contributed by atoms with Gasteiger partial charge in [-0.1, -0.05) is 155 Å². The molecule has 1 radical (unpaired) electrons. The van der Waals surface area contributed by atoms with E-state index in [0.717, 1.165) is 19.3 Å². The number of aryl methyl sites for hydroxylation is 2. The first kappa shape index (κ1) is 33.2. The third-order valence-electron chi connectivity index (χ3n) is 7.85. The number of unbranched alkanes of at least 4 members (excludes halogenated alkanes) is 22. The van der Waals surface area contributed by atoms with E-state index >= 15 is 0 Å². The quantitative estimate of drug-likeness (QED) is 0.110. The maximum Gasteiger partial charge on any atom is 0.0409 e. The van der Waals surface area contributed by atoms with Gasteiger partial charge in [-0.25, -0.2) is 0 Å². The minimum Gasteiger partial charge on any atom is -0.258 e. The van der Waals surface area contributed by atoms with Crippen molar-refractivity contribution in [3.05, 3.63) is 36.0 Å². The minimum atomic E-state index is 0.888. The summed E-state index contributed by atoms with van der Waals surface area (Å²) in [5.74, 6) is 0. The van der Waals surface area contributed by atoms with Crippen molar-refractivity contribution < 1.29 is 0 Å². The fourth-order valence-electron chi connectivity index (χ4n) is 5.41. The molecule has 0 aliphatic heterocycles. The predicted octanol–water partition coefficient (Wildman–Crippen LogP) is 11.9. The average Bonchev–Trinajstić information content (AvgIpc) is 2.89. The highest BCUT2D eigenvalue weighted by molar-refractivity contribution is 5.22. The molecule has 1 aromatic heterocycles. The Morgan fingerprint density at radius 2 is 0.722 bits per heavy atom. The Hall–Kier alpha value is -0.850. The van der Waals surface area contributed by atoms with Crippen LogP contribution in [0.2, 0.25) is 0 Å². The number of rotatable bonds is 27. The van der Waals surface area contributed by atoms with Gasteiger partial charge in [0.2, 0.25) is 0 Å². The van der Waals surface area contributed by atoms with Gasteiger partial charge in [0.05, 0.1) is 0 Å². The second-order valence-corrected chi connectivity index (χ2v) is 11.5. The van der Waals surface area contributed by atoms with E-state index in [9.17, 15) is 0 Å². The van der Waals surface area contributed by atoms with Gasteiger partial charge in [-0.3, -0.25) is 4.98 Å². The third-order valence-corrected chi connectivity index (χ3v) is 7.85. The highest BCUT2D eigenvalue weighted by Gasteiger charge is 2.04. The van der Waals surface area contributed by atoms with Crippen LogP contribution in [-0.4, -0.2) is 4.98 Å². The second kappa shape index (κ2) is 25.8. The zero-order valence-corrected chi connectivity index (χ0v) is 24.9. The van der Waals surface area contributed by atoms with Crippen LogP contribution < -0.4 is 0 Å². The number of hydrogen-bond donors (Lipinski definition) is 0. The van der Waals surface area contributed by atoms with E-state index in [1.54, 1.807) is 0 Å². The summed E-state index contributed by atoms with van der Waals surface area (Å²) in [6, 6.07) is 4.63. The van der Waals surface area contributed by atoms with Crippen molar-refractivity contribution >= 4 is 0 Å². The number of hydrogen-bond acceptors (Lipinski definition) is 1. The summed E-state index contributed by atoms with van der Waals surface area (Å²) in [5, 5.41) is 0. The van der Waals surface area contributed by atoms with Gasteiger partial charge >= 0.3 is 0 Å². The molecule has 209 valence electrons. The molecular formula is C35H64N. The van der Waals surface area contributed by atoms with Gasteiger partial charge in [0, 0.05) is 11.4 Å². The van der Waals surface area contributed by atoms with Crippen molar-refractivity contribution in [3.63, 3.8) is 0 Å². The van der Waals surface area contributed by atoms with Gasteiger partial charge in [0.1, 0.15) is 0 Å². The SMILES string of the molecule is [CH2]Cc1cc(CCCCCCCCCCCCCC)nc(CCCCCCCCCCCCCC)c1. The molecular weight excluding hydrogens is 434 g/mol. The van der Waals surface area contributed by atoms with Crippen LogP contribution in [0.5, 0.6) is 0 Å². The van der Waals surface area contributed by atoms with E-state index in [4.69, 9.17) is 4.98 Å². The fraction of sp³-hybridized carbons (Fsp3) is 0.829. The van der Waals surface area contributed by atoms with E-state index in [-0.39, 0.29) is 0 Å². The monoisotopic (exact) mass is 499 g/mol. The molecule has 1 nitrogen and oxygen atoms in total. The van der Waals surface area contributed by atoms with Crippen LogP contribution in [0.25, 0.3) is 0 Å². The van der Waals surface area contributed by atoms with Gasteiger partial charge in [0.25, 0.3) is 0 Å². The van der Waals surface area contributed by atoms with Crippen LogP contribution in [-0.2, 0) is 19.3 Å². The molecule has 1 rings (SSSR count). The molecule has 1 heterocycles. The summed E-state index contributed by atoms with van der Waals surface area (Å²) < 4.78 is 0. The molecule has 0 saturated heterocycles. The summed E-state index contributed by atoms with van der Waals surface area (Å²) >= 11 is 0. The minimum absolute atomic E-state index is 0.888. The van der Waals surface area contributed by atoms with E-state index in [1.165, 1.54) is 171 Å². The lowest BCUT2D eigenvalue weighted by Crippen LogP contribution is -2.00. The second-order valence-electron chi connectivity index (χ2n) is 11.5. The summed E-state index contributed by atoms with van der Waals surface area (Å²) in [5.41, 5.74) is 4.02. The molecule has 0 aliphatic rings. The topological polar surface area (TPSA) is 12.9 Å². The highest BCUT2D eigenvalue weighted by Crippen LogP contribution is 2.16. The van der Waals surface area contributed by atoms with E-state index in [0.29, 0.717) is 0 Å². The first-order chi connectivity index (χ1) is 17.8. The van der Waals surface area contributed by atoms with Crippen molar-refractivity contribution in [2.75, 3.05) is 0 Å². The fourth-order valence-corrected chi connectivity index (χ4v) is 5.41.